The lowest BCUT2D eigenvalue weighted by Crippen LogP contribution is -2.30. The van der Waals surface area contributed by atoms with Gasteiger partial charge in [0, 0.05) is 12.5 Å². The maximum atomic E-state index is 12.2. The van der Waals surface area contributed by atoms with E-state index < -0.39 is 24.3 Å². The monoisotopic (exact) mass is 447 g/mol. The zero-order chi connectivity index (χ0) is 23.4. The summed E-state index contributed by atoms with van der Waals surface area (Å²) in [6, 6.07) is 21.9. The van der Waals surface area contributed by atoms with Crippen molar-refractivity contribution >= 4 is 12.1 Å². The first kappa shape index (κ1) is 22.5. The van der Waals surface area contributed by atoms with Gasteiger partial charge < -0.3 is 25.4 Å². The molecule has 0 heterocycles. The smallest absolute Gasteiger partial charge is 0.407 e. The highest BCUT2D eigenvalue weighted by Crippen LogP contribution is 2.44. The van der Waals surface area contributed by atoms with Crippen molar-refractivity contribution in [2.24, 2.45) is 0 Å². The molecule has 1 aliphatic rings. The lowest BCUT2D eigenvalue weighted by atomic mass is 9.98. The highest BCUT2D eigenvalue weighted by Gasteiger charge is 2.29. The summed E-state index contributed by atoms with van der Waals surface area (Å²) in [5.41, 5.74) is 4.85. The van der Waals surface area contributed by atoms with Crippen molar-refractivity contribution in [2.75, 3.05) is 13.2 Å². The molecule has 0 spiro atoms. The lowest BCUT2D eigenvalue weighted by molar-refractivity contribution is 0.0136. The minimum atomic E-state index is -1.27. The molecule has 3 aromatic carbocycles. The predicted octanol–water partition coefficient (Wildman–Crippen LogP) is 3.71. The molecular formula is C26H25NO6. The van der Waals surface area contributed by atoms with Crippen LogP contribution >= 0.6 is 0 Å². The predicted molar refractivity (Wildman–Crippen MR) is 122 cm³/mol. The Bertz CT molecular complexity index is 1120. The second-order valence-electron chi connectivity index (χ2n) is 7.98. The van der Waals surface area contributed by atoms with E-state index >= 15 is 0 Å². The largest absolute Gasteiger partial charge is 0.478 e. The number of carbonyl (C=O) groups is 2. The Labute approximate surface area is 191 Å². The molecule has 7 heteroatoms. The molecule has 0 aliphatic heterocycles. The maximum Gasteiger partial charge on any atom is 0.407 e. The second-order valence-corrected chi connectivity index (χ2v) is 7.98. The van der Waals surface area contributed by atoms with Crippen LogP contribution in [0.4, 0.5) is 4.79 Å². The molecule has 1 aliphatic carbocycles. The van der Waals surface area contributed by atoms with Crippen molar-refractivity contribution < 1.29 is 29.6 Å². The zero-order valence-electron chi connectivity index (χ0n) is 17.8. The third-order valence-electron chi connectivity index (χ3n) is 5.89. The average molecular weight is 447 g/mol. The molecule has 2 unspecified atom stereocenters. The molecule has 0 saturated carbocycles. The van der Waals surface area contributed by atoms with Crippen molar-refractivity contribution in [2.45, 2.75) is 24.5 Å². The van der Waals surface area contributed by atoms with Gasteiger partial charge in [-0.1, -0.05) is 60.7 Å². The van der Waals surface area contributed by atoms with Crippen molar-refractivity contribution in [3.63, 3.8) is 0 Å². The van der Waals surface area contributed by atoms with E-state index in [1.165, 1.54) is 18.2 Å². The Morgan fingerprint density at radius 1 is 0.909 bits per heavy atom. The number of carboxylic acid groups (broad SMARTS) is 1. The summed E-state index contributed by atoms with van der Waals surface area (Å²) in [4.78, 5) is 23.3. The number of ether oxygens (including phenoxy) is 1. The van der Waals surface area contributed by atoms with Gasteiger partial charge in [0.25, 0.3) is 0 Å². The maximum absolute atomic E-state index is 12.2. The van der Waals surface area contributed by atoms with Gasteiger partial charge in [-0.3, -0.25) is 0 Å². The Balaban J connectivity index is 1.28. The Morgan fingerprint density at radius 3 is 2.18 bits per heavy atom. The lowest BCUT2D eigenvalue weighted by Gasteiger charge is -2.19. The molecule has 0 fully saturated rings. The fraction of sp³-hybridized carbons (Fsp3) is 0.231. The third kappa shape index (κ3) is 4.89. The van der Waals surface area contributed by atoms with Gasteiger partial charge in [-0.2, -0.15) is 0 Å². The van der Waals surface area contributed by atoms with Gasteiger partial charge in [0.05, 0.1) is 11.7 Å². The van der Waals surface area contributed by atoms with Crippen LogP contribution in [-0.2, 0) is 4.74 Å². The summed E-state index contributed by atoms with van der Waals surface area (Å²) in [7, 11) is 0. The molecule has 1 amide bonds. The van der Waals surface area contributed by atoms with E-state index in [4.69, 9.17) is 9.84 Å². The van der Waals surface area contributed by atoms with Crippen LogP contribution < -0.4 is 5.32 Å². The summed E-state index contributed by atoms with van der Waals surface area (Å²) in [5, 5.41) is 32.2. The fourth-order valence-corrected chi connectivity index (χ4v) is 4.21. The summed E-state index contributed by atoms with van der Waals surface area (Å²) >= 11 is 0. The number of fused-ring (bicyclic) bond motifs is 3. The van der Waals surface area contributed by atoms with Crippen LogP contribution in [-0.4, -0.2) is 46.6 Å². The van der Waals surface area contributed by atoms with E-state index in [1.807, 2.05) is 36.4 Å². The third-order valence-corrected chi connectivity index (χ3v) is 5.89. The topological polar surface area (TPSA) is 116 Å². The molecule has 170 valence electrons. The van der Waals surface area contributed by atoms with Gasteiger partial charge in [0.1, 0.15) is 12.7 Å². The molecular weight excluding hydrogens is 422 g/mol. The van der Waals surface area contributed by atoms with E-state index in [9.17, 15) is 19.8 Å². The number of hydrogen-bond acceptors (Lipinski definition) is 5. The summed E-state index contributed by atoms with van der Waals surface area (Å²) in [6.07, 6.45) is -2.98. The molecule has 0 saturated heterocycles. The number of nitrogens with one attached hydrogen (secondary N) is 1. The van der Waals surface area contributed by atoms with E-state index in [2.05, 4.69) is 17.4 Å². The van der Waals surface area contributed by atoms with Gasteiger partial charge in [-0.05, 0) is 46.4 Å². The second kappa shape index (κ2) is 9.85. The number of carbonyl (C=O) groups excluding carboxylic acids is 1. The Kier molecular flexibility index (Phi) is 6.72. The van der Waals surface area contributed by atoms with E-state index in [0.29, 0.717) is 5.56 Å². The number of aliphatic hydroxyl groups excluding tert-OH is 2. The van der Waals surface area contributed by atoms with Gasteiger partial charge in [-0.25, -0.2) is 9.59 Å². The number of carboxylic acids is 1. The molecule has 2 atom stereocenters. The molecule has 0 bridgehead atoms. The molecule has 3 aromatic rings. The normalized spacial score (nSPS) is 14.1. The molecule has 33 heavy (non-hydrogen) atoms. The zero-order valence-corrected chi connectivity index (χ0v) is 17.8. The first-order valence-electron chi connectivity index (χ1n) is 10.7. The number of hydrogen-bond donors (Lipinski definition) is 4. The van der Waals surface area contributed by atoms with Crippen LogP contribution in [0, 0.1) is 0 Å². The van der Waals surface area contributed by atoms with Crippen LogP contribution in [0.5, 0.6) is 0 Å². The number of alkyl carbamates (subject to hydrolysis) is 1. The number of benzene rings is 3. The SMILES string of the molecule is O=C(NCCC(O)C(O)c1cccc(C(=O)O)c1)OCC1c2ccccc2-c2ccccc21. The quantitative estimate of drug-likeness (QED) is 0.418. The summed E-state index contributed by atoms with van der Waals surface area (Å²) in [5.74, 6) is -1.16. The fourth-order valence-electron chi connectivity index (χ4n) is 4.21. The molecule has 0 radical (unpaired) electrons. The Morgan fingerprint density at radius 2 is 1.55 bits per heavy atom. The van der Waals surface area contributed by atoms with Gasteiger partial charge >= 0.3 is 12.1 Å². The van der Waals surface area contributed by atoms with E-state index in [-0.39, 0.29) is 31.1 Å². The molecule has 4 rings (SSSR count). The molecule has 4 N–H and O–H groups in total. The summed E-state index contributed by atoms with van der Waals surface area (Å²) < 4.78 is 5.45. The Hall–Kier alpha value is -3.68. The highest BCUT2D eigenvalue weighted by molar-refractivity contribution is 5.87. The standard InChI is InChI=1S/C26H25NO6/c28-23(24(29)16-6-5-7-17(14-16)25(30)31)12-13-27-26(32)33-15-22-20-10-3-1-8-18(20)19-9-2-4-11-21(19)22/h1-11,14,22-24,28-29H,12-13,15H2,(H,27,32)(H,30,31). The van der Waals surface area contributed by atoms with Crippen molar-refractivity contribution in [3.05, 3.63) is 95.1 Å². The van der Waals surface area contributed by atoms with Gasteiger partial charge in [-0.15, -0.1) is 0 Å². The first-order chi connectivity index (χ1) is 16.0. The van der Waals surface area contributed by atoms with Crippen molar-refractivity contribution in [1.82, 2.24) is 5.32 Å². The first-order valence-corrected chi connectivity index (χ1v) is 10.7. The van der Waals surface area contributed by atoms with Crippen molar-refractivity contribution in [1.29, 1.82) is 0 Å². The van der Waals surface area contributed by atoms with Crippen LogP contribution in [0.2, 0.25) is 0 Å². The number of amides is 1. The van der Waals surface area contributed by atoms with Gasteiger partial charge in [0.15, 0.2) is 0 Å². The summed E-state index contributed by atoms with van der Waals surface area (Å²) in [6.45, 7) is 0.278. The number of aromatic carboxylic acids is 1. The van der Waals surface area contributed by atoms with Crippen LogP contribution in [0.1, 0.15) is 45.5 Å². The number of aliphatic hydroxyl groups is 2. The molecule has 0 aromatic heterocycles. The van der Waals surface area contributed by atoms with Crippen LogP contribution in [0.15, 0.2) is 72.8 Å². The minimum absolute atomic E-state index is 0.0236. The van der Waals surface area contributed by atoms with Crippen LogP contribution in [0.25, 0.3) is 11.1 Å². The highest BCUT2D eigenvalue weighted by atomic mass is 16.5. The minimum Gasteiger partial charge on any atom is -0.478 e. The van der Waals surface area contributed by atoms with E-state index in [0.717, 1.165) is 22.3 Å². The average Bonchev–Trinajstić information content (AvgIpc) is 3.16. The molecule has 7 nitrogen and oxygen atoms in total. The number of rotatable bonds is 8. The van der Waals surface area contributed by atoms with Gasteiger partial charge in [0.2, 0.25) is 0 Å². The van der Waals surface area contributed by atoms with Crippen LogP contribution in [0.3, 0.4) is 0 Å². The van der Waals surface area contributed by atoms with Crippen molar-refractivity contribution in [3.8, 4) is 11.1 Å². The van der Waals surface area contributed by atoms with E-state index in [1.54, 1.807) is 6.07 Å².